The molecule has 20 heavy (non-hydrogen) atoms. The molecule has 5 nitrogen and oxygen atoms in total. The van der Waals surface area contributed by atoms with Crippen molar-refractivity contribution in [1.82, 2.24) is 9.38 Å². The van der Waals surface area contributed by atoms with Crippen molar-refractivity contribution in [3.63, 3.8) is 0 Å². The summed E-state index contributed by atoms with van der Waals surface area (Å²) in [6, 6.07) is 2.41. The van der Waals surface area contributed by atoms with Gasteiger partial charge in [-0.05, 0) is 25.0 Å². The number of hydrogen-bond acceptors (Lipinski definition) is 4. The highest BCUT2D eigenvalue weighted by Crippen LogP contribution is 2.29. The number of nitrogens with zero attached hydrogens (tertiary/aromatic N) is 2. The van der Waals surface area contributed by atoms with Crippen LogP contribution < -0.4 is 4.18 Å². The minimum Gasteiger partial charge on any atom is -0.372 e. The van der Waals surface area contributed by atoms with E-state index >= 15 is 0 Å². The Labute approximate surface area is 112 Å². The van der Waals surface area contributed by atoms with Crippen LogP contribution in [0.25, 0.3) is 5.65 Å². The van der Waals surface area contributed by atoms with E-state index in [0.29, 0.717) is 5.69 Å². The van der Waals surface area contributed by atoms with Crippen LogP contribution in [0, 0.1) is 11.8 Å². The number of rotatable bonds is 2. The maximum Gasteiger partial charge on any atom is 0.534 e. The molecular formula is C11H7F3N2O3S. The average molecular weight is 304 g/mol. The Morgan fingerprint density at radius 2 is 2.10 bits per heavy atom. The van der Waals surface area contributed by atoms with Gasteiger partial charge in [0.15, 0.2) is 11.4 Å². The summed E-state index contributed by atoms with van der Waals surface area (Å²) in [4.78, 5) is 3.81. The predicted molar refractivity (Wildman–Crippen MR) is 63.3 cm³/mol. The molecule has 0 unspecified atom stereocenters. The number of halogens is 3. The van der Waals surface area contributed by atoms with Crippen molar-refractivity contribution in [2.45, 2.75) is 12.4 Å². The van der Waals surface area contributed by atoms with Crippen molar-refractivity contribution in [3.8, 4) is 17.6 Å². The highest BCUT2D eigenvalue weighted by molar-refractivity contribution is 7.88. The van der Waals surface area contributed by atoms with Gasteiger partial charge in [0, 0.05) is 6.20 Å². The van der Waals surface area contributed by atoms with Crippen molar-refractivity contribution in [2.24, 2.45) is 0 Å². The van der Waals surface area contributed by atoms with Crippen molar-refractivity contribution < 1.29 is 25.8 Å². The first-order chi connectivity index (χ1) is 9.26. The molecule has 0 saturated heterocycles. The van der Waals surface area contributed by atoms with E-state index in [0.717, 1.165) is 6.07 Å². The Morgan fingerprint density at radius 1 is 1.40 bits per heavy atom. The second-order valence-electron chi connectivity index (χ2n) is 3.57. The van der Waals surface area contributed by atoms with E-state index in [1.54, 1.807) is 6.92 Å². The van der Waals surface area contributed by atoms with E-state index in [4.69, 9.17) is 0 Å². The van der Waals surface area contributed by atoms with E-state index in [-0.39, 0.29) is 5.65 Å². The number of alkyl halides is 3. The summed E-state index contributed by atoms with van der Waals surface area (Å²) in [5.41, 5.74) is -5.17. The number of pyridine rings is 1. The lowest BCUT2D eigenvalue weighted by Crippen LogP contribution is -2.28. The summed E-state index contributed by atoms with van der Waals surface area (Å²) < 4.78 is 64.2. The summed E-state index contributed by atoms with van der Waals surface area (Å²) in [5.74, 6) is 4.76. The van der Waals surface area contributed by atoms with Gasteiger partial charge in [-0.15, -0.1) is 0 Å². The molecule has 0 saturated carbocycles. The Bertz CT molecular complexity index is 813. The lowest BCUT2D eigenvalue weighted by Gasteiger charge is -2.09. The molecular weight excluding hydrogens is 297 g/mol. The number of aromatic nitrogens is 2. The lowest BCUT2D eigenvalue weighted by atomic mass is 10.4. The van der Waals surface area contributed by atoms with Gasteiger partial charge in [0.2, 0.25) is 0 Å². The van der Waals surface area contributed by atoms with Gasteiger partial charge in [0.05, 0.1) is 6.20 Å². The second-order valence-corrected chi connectivity index (χ2v) is 5.11. The molecule has 9 heteroatoms. The molecule has 0 aromatic carbocycles. The van der Waals surface area contributed by atoms with Gasteiger partial charge in [-0.2, -0.15) is 21.6 Å². The van der Waals surface area contributed by atoms with E-state index in [2.05, 4.69) is 21.0 Å². The van der Waals surface area contributed by atoms with Crippen molar-refractivity contribution >= 4 is 15.8 Å². The van der Waals surface area contributed by atoms with E-state index in [1.165, 1.54) is 22.9 Å². The molecule has 0 spiro atoms. The molecule has 2 aromatic heterocycles. The molecule has 0 aliphatic carbocycles. The molecule has 0 N–H and O–H groups in total. The Kier molecular flexibility index (Phi) is 3.35. The molecule has 2 rings (SSSR count). The second kappa shape index (κ2) is 4.72. The van der Waals surface area contributed by atoms with Crippen LogP contribution in [-0.4, -0.2) is 23.3 Å². The third-order valence-electron chi connectivity index (χ3n) is 2.24. The first-order valence-corrected chi connectivity index (χ1v) is 6.56. The van der Waals surface area contributed by atoms with Gasteiger partial charge in [-0.25, -0.2) is 4.98 Å². The quantitative estimate of drug-likeness (QED) is 0.483. The van der Waals surface area contributed by atoms with Crippen LogP contribution in [0.1, 0.15) is 12.6 Å². The minimum atomic E-state index is -5.73. The molecule has 0 bridgehead atoms. The van der Waals surface area contributed by atoms with Crippen LogP contribution in [0.4, 0.5) is 13.2 Å². The van der Waals surface area contributed by atoms with Crippen molar-refractivity contribution in [3.05, 3.63) is 30.2 Å². The zero-order valence-corrected chi connectivity index (χ0v) is 10.8. The highest BCUT2D eigenvalue weighted by Gasteiger charge is 2.48. The highest BCUT2D eigenvalue weighted by atomic mass is 32.2. The normalized spacial score (nSPS) is 12.0. The molecule has 0 amide bonds. The molecule has 0 atom stereocenters. The summed E-state index contributed by atoms with van der Waals surface area (Å²) in [6.45, 7) is 1.58. The smallest absolute Gasteiger partial charge is 0.372 e. The molecule has 2 aromatic rings. The Hall–Kier alpha value is -2.21. The minimum absolute atomic E-state index is 0.0712. The van der Waals surface area contributed by atoms with Gasteiger partial charge in [0.1, 0.15) is 5.69 Å². The van der Waals surface area contributed by atoms with Gasteiger partial charge in [-0.3, -0.25) is 4.40 Å². The van der Waals surface area contributed by atoms with Crippen LogP contribution in [0.15, 0.2) is 24.5 Å². The average Bonchev–Trinajstić information content (AvgIpc) is 2.72. The fourth-order valence-corrected chi connectivity index (χ4v) is 1.90. The first kappa shape index (κ1) is 14.2. The first-order valence-electron chi connectivity index (χ1n) is 5.16. The Balaban J connectivity index is 2.54. The molecule has 0 fully saturated rings. The van der Waals surface area contributed by atoms with Gasteiger partial charge in [0.25, 0.3) is 0 Å². The zero-order valence-electron chi connectivity index (χ0n) is 9.97. The van der Waals surface area contributed by atoms with Gasteiger partial charge < -0.3 is 4.18 Å². The molecule has 0 aliphatic heterocycles. The molecule has 0 radical (unpaired) electrons. The monoisotopic (exact) mass is 304 g/mol. The molecule has 106 valence electrons. The largest absolute Gasteiger partial charge is 0.534 e. The van der Waals surface area contributed by atoms with Crippen LogP contribution in [-0.2, 0) is 10.1 Å². The summed E-state index contributed by atoms with van der Waals surface area (Å²) >= 11 is 0. The summed E-state index contributed by atoms with van der Waals surface area (Å²) in [5, 5.41) is 0. The van der Waals surface area contributed by atoms with Crippen LogP contribution in [0.2, 0.25) is 0 Å². The predicted octanol–water partition coefficient (Wildman–Crippen LogP) is 1.93. The topological polar surface area (TPSA) is 60.7 Å². The van der Waals surface area contributed by atoms with Crippen LogP contribution in [0.5, 0.6) is 5.75 Å². The van der Waals surface area contributed by atoms with E-state index < -0.39 is 21.4 Å². The van der Waals surface area contributed by atoms with E-state index in [9.17, 15) is 21.6 Å². The van der Waals surface area contributed by atoms with Crippen molar-refractivity contribution in [2.75, 3.05) is 0 Å². The number of hydrogen-bond donors (Lipinski definition) is 0. The zero-order chi connectivity index (χ0) is 15.0. The number of fused-ring (bicyclic) bond motifs is 1. The van der Waals surface area contributed by atoms with Gasteiger partial charge >= 0.3 is 15.6 Å². The SMILES string of the molecule is CC#Cc1cnc2c(OS(=O)(=O)C(F)(F)F)cccn12. The summed E-state index contributed by atoms with van der Waals surface area (Å²) in [6.07, 6.45) is 2.79. The maximum absolute atomic E-state index is 12.3. The molecule has 2 heterocycles. The standard InChI is InChI=1S/C11H7F3N2O3S/c1-2-4-8-7-15-10-9(5-3-6-16(8)10)19-20(17,18)11(12,13)14/h3,5-7H,1H3. The molecule has 0 aliphatic rings. The third-order valence-corrected chi connectivity index (χ3v) is 3.20. The maximum atomic E-state index is 12.3. The van der Waals surface area contributed by atoms with Crippen LogP contribution in [0.3, 0.4) is 0 Å². The fourth-order valence-electron chi connectivity index (χ4n) is 1.44. The van der Waals surface area contributed by atoms with E-state index in [1.807, 2.05) is 0 Å². The van der Waals surface area contributed by atoms with Gasteiger partial charge in [-0.1, -0.05) is 5.92 Å². The van der Waals surface area contributed by atoms with Crippen LogP contribution >= 0.6 is 0 Å². The third kappa shape index (κ3) is 2.42. The summed E-state index contributed by atoms with van der Waals surface area (Å²) in [7, 11) is -5.73. The fraction of sp³-hybridized carbons (Fsp3) is 0.182. The lowest BCUT2D eigenvalue weighted by molar-refractivity contribution is -0.0499. The number of imidazole rings is 1. The van der Waals surface area contributed by atoms with Crippen molar-refractivity contribution in [1.29, 1.82) is 0 Å². The Morgan fingerprint density at radius 3 is 2.70 bits per heavy atom.